The van der Waals surface area contributed by atoms with Crippen molar-refractivity contribution in [2.24, 2.45) is 5.73 Å². The van der Waals surface area contributed by atoms with Crippen molar-refractivity contribution in [1.82, 2.24) is 4.90 Å². The zero-order chi connectivity index (χ0) is 14.4. The summed E-state index contributed by atoms with van der Waals surface area (Å²) in [5, 5.41) is 0. The normalized spacial score (nSPS) is 26.9. The van der Waals surface area contributed by atoms with Gasteiger partial charge in [0.1, 0.15) is 0 Å². The molecular weight excluding hydrogens is 248 g/mol. The average molecular weight is 276 g/mol. The summed E-state index contributed by atoms with van der Waals surface area (Å²) in [5.41, 5.74) is 7.68. The van der Waals surface area contributed by atoms with Crippen LogP contribution in [0.4, 0.5) is 0 Å². The molecule has 2 N–H and O–H groups in total. The van der Waals surface area contributed by atoms with Crippen LogP contribution in [0.3, 0.4) is 0 Å². The minimum Gasteiger partial charge on any atom is -0.381 e. The third-order valence-corrected chi connectivity index (χ3v) is 4.97. The lowest BCUT2D eigenvalue weighted by Crippen LogP contribution is -2.55. The smallest absolute Gasteiger partial charge is 0.0572 e. The van der Waals surface area contributed by atoms with Crippen molar-refractivity contribution in [3.05, 3.63) is 35.9 Å². The van der Waals surface area contributed by atoms with Crippen LogP contribution < -0.4 is 5.73 Å². The van der Waals surface area contributed by atoms with Crippen LogP contribution in [0, 0.1) is 0 Å². The van der Waals surface area contributed by atoms with E-state index in [9.17, 15) is 0 Å². The van der Waals surface area contributed by atoms with E-state index < -0.39 is 0 Å². The van der Waals surface area contributed by atoms with Crippen molar-refractivity contribution in [2.75, 3.05) is 27.2 Å². The highest BCUT2D eigenvalue weighted by Crippen LogP contribution is 2.33. The lowest BCUT2D eigenvalue weighted by molar-refractivity contribution is 0.00385. The van der Waals surface area contributed by atoms with Crippen LogP contribution in [0.15, 0.2) is 30.3 Å². The summed E-state index contributed by atoms with van der Waals surface area (Å²) in [4.78, 5) is 2.48. The summed E-state index contributed by atoms with van der Waals surface area (Å²) in [6.45, 7) is 1.81. The van der Waals surface area contributed by atoms with E-state index in [4.69, 9.17) is 10.5 Å². The van der Waals surface area contributed by atoms with Gasteiger partial charge >= 0.3 is 0 Å². The van der Waals surface area contributed by atoms with Gasteiger partial charge in [-0.2, -0.15) is 0 Å². The monoisotopic (exact) mass is 276 g/mol. The Bertz CT molecular complexity index is 385. The quantitative estimate of drug-likeness (QED) is 0.867. The molecular formula is C17H28N2O. The zero-order valence-corrected chi connectivity index (χ0v) is 12.8. The van der Waals surface area contributed by atoms with Crippen LogP contribution in [-0.2, 0) is 11.2 Å². The third-order valence-electron chi connectivity index (χ3n) is 4.97. The maximum Gasteiger partial charge on any atom is 0.0572 e. The van der Waals surface area contributed by atoms with Crippen LogP contribution in [-0.4, -0.2) is 43.8 Å². The van der Waals surface area contributed by atoms with Gasteiger partial charge in [-0.3, -0.25) is 4.90 Å². The van der Waals surface area contributed by atoms with E-state index in [-0.39, 0.29) is 5.54 Å². The minimum absolute atomic E-state index is 0.170. The summed E-state index contributed by atoms with van der Waals surface area (Å²) in [6.07, 6.45) is 6.07. The highest BCUT2D eigenvalue weighted by Gasteiger charge is 2.37. The molecule has 112 valence electrons. The fourth-order valence-electron chi connectivity index (χ4n) is 3.28. The molecule has 0 unspecified atom stereocenters. The third kappa shape index (κ3) is 3.60. The van der Waals surface area contributed by atoms with Crippen molar-refractivity contribution >= 4 is 0 Å². The van der Waals surface area contributed by atoms with Crippen LogP contribution in [0.2, 0.25) is 0 Å². The van der Waals surface area contributed by atoms with E-state index >= 15 is 0 Å². The number of likely N-dealkylation sites (N-methyl/N-ethyl adjacent to an activating group) is 1. The largest absolute Gasteiger partial charge is 0.381 e. The second kappa shape index (κ2) is 7.21. The molecule has 0 aromatic heterocycles. The van der Waals surface area contributed by atoms with Gasteiger partial charge in [-0.1, -0.05) is 30.3 Å². The number of methoxy groups -OCH3 is 1. The molecule has 0 bridgehead atoms. The van der Waals surface area contributed by atoms with Gasteiger partial charge in [0.05, 0.1) is 6.10 Å². The number of rotatable bonds is 6. The van der Waals surface area contributed by atoms with Crippen LogP contribution in [0.1, 0.15) is 31.2 Å². The molecule has 0 aliphatic heterocycles. The van der Waals surface area contributed by atoms with Gasteiger partial charge in [0.25, 0.3) is 0 Å². The standard InChI is InChI=1S/C17H28N2O/c1-19(13-10-15-6-4-3-5-7-15)17(14-18)11-8-16(20-2)9-12-17/h3-7,16H,8-14,18H2,1-2H3. The van der Waals surface area contributed by atoms with E-state index in [0.29, 0.717) is 6.10 Å². The van der Waals surface area contributed by atoms with Gasteiger partial charge in [0.2, 0.25) is 0 Å². The van der Waals surface area contributed by atoms with Gasteiger partial charge in [0.15, 0.2) is 0 Å². The van der Waals surface area contributed by atoms with E-state index in [1.165, 1.54) is 5.56 Å². The highest BCUT2D eigenvalue weighted by molar-refractivity contribution is 5.15. The van der Waals surface area contributed by atoms with Crippen LogP contribution in [0.25, 0.3) is 0 Å². The Hall–Kier alpha value is -0.900. The summed E-state index contributed by atoms with van der Waals surface area (Å²) < 4.78 is 5.48. The highest BCUT2D eigenvalue weighted by atomic mass is 16.5. The van der Waals surface area contributed by atoms with Crippen molar-refractivity contribution in [2.45, 2.75) is 43.7 Å². The first-order valence-corrected chi connectivity index (χ1v) is 7.68. The summed E-state index contributed by atoms with van der Waals surface area (Å²) >= 11 is 0. The lowest BCUT2D eigenvalue weighted by Gasteiger charge is -2.45. The number of hydrogen-bond donors (Lipinski definition) is 1. The predicted molar refractivity (Wildman–Crippen MR) is 83.8 cm³/mol. The van der Waals surface area contributed by atoms with E-state index in [2.05, 4.69) is 42.3 Å². The van der Waals surface area contributed by atoms with Gasteiger partial charge < -0.3 is 10.5 Å². The summed E-state index contributed by atoms with van der Waals surface area (Å²) in [6, 6.07) is 10.7. The molecule has 3 nitrogen and oxygen atoms in total. The Morgan fingerprint density at radius 2 is 1.90 bits per heavy atom. The SMILES string of the molecule is COC1CCC(CN)(N(C)CCc2ccccc2)CC1. The molecule has 20 heavy (non-hydrogen) atoms. The first kappa shape index (κ1) is 15.5. The topological polar surface area (TPSA) is 38.5 Å². The van der Waals surface area contributed by atoms with E-state index in [1.54, 1.807) is 0 Å². The van der Waals surface area contributed by atoms with Crippen molar-refractivity contribution < 1.29 is 4.74 Å². The zero-order valence-electron chi connectivity index (χ0n) is 12.8. The Morgan fingerprint density at radius 3 is 2.45 bits per heavy atom. The molecule has 2 rings (SSSR count). The molecule has 3 heteroatoms. The second-order valence-electron chi connectivity index (χ2n) is 6.02. The molecule has 1 aromatic rings. The van der Waals surface area contributed by atoms with Crippen molar-refractivity contribution in [3.63, 3.8) is 0 Å². The molecule has 1 aliphatic carbocycles. The molecule has 0 atom stereocenters. The molecule has 0 spiro atoms. The summed E-state index contributed by atoms with van der Waals surface area (Å²) in [5.74, 6) is 0. The number of ether oxygens (including phenoxy) is 1. The van der Waals surface area contributed by atoms with Crippen molar-refractivity contribution in [3.8, 4) is 0 Å². The van der Waals surface area contributed by atoms with E-state index in [0.717, 1.165) is 45.2 Å². The molecule has 0 heterocycles. The molecule has 0 radical (unpaired) electrons. The van der Waals surface area contributed by atoms with Crippen molar-refractivity contribution in [1.29, 1.82) is 0 Å². The number of nitrogens with two attached hydrogens (primary N) is 1. The molecule has 1 aliphatic rings. The molecule has 1 fully saturated rings. The van der Waals surface area contributed by atoms with Gasteiger partial charge in [-0.05, 0) is 44.7 Å². The minimum atomic E-state index is 0.170. The number of nitrogens with zero attached hydrogens (tertiary/aromatic N) is 1. The molecule has 0 saturated heterocycles. The second-order valence-corrected chi connectivity index (χ2v) is 6.02. The fourth-order valence-corrected chi connectivity index (χ4v) is 3.28. The van der Waals surface area contributed by atoms with Crippen LogP contribution >= 0.6 is 0 Å². The molecule has 1 aromatic carbocycles. The summed E-state index contributed by atoms with van der Waals surface area (Å²) in [7, 11) is 4.04. The average Bonchev–Trinajstić information content (AvgIpc) is 2.53. The first-order chi connectivity index (χ1) is 9.70. The Labute approximate surface area is 123 Å². The maximum atomic E-state index is 6.11. The number of benzene rings is 1. The number of hydrogen-bond acceptors (Lipinski definition) is 3. The predicted octanol–water partition coefficient (Wildman–Crippen LogP) is 2.45. The molecule has 1 saturated carbocycles. The Morgan fingerprint density at radius 1 is 1.25 bits per heavy atom. The van der Waals surface area contributed by atoms with Gasteiger partial charge in [-0.25, -0.2) is 0 Å². The lowest BCUT2D eigenvalue weighted by atomic mass is 9.79. The Balaban J connectivity index is 1.90. The fraction of sp³-hybridized carbons (Fsp3) is 0.647. The van der Waals surface area contributed by atoms with Gasteiger partial charge in [0, 0.05) is 25.7 Å². The molecule has 0 amide bonds. The van der Waals surface area contributed by atoms with E-state index in [1.807, 2.05) is 7.11 Å². The first-order valence-electron chi connectivity index (χ1n) is 7.68. The van der Waals surface area contributed by atoms with Crippen LogP contribution in [0.5, 0.6) is 0 Å². The van der Waals surface area contributed by atoms with Gasteiger partial charge in [-0.15, -0.1) is 0 Å². The Kier molecular flexibility index (Phi) is 5.58. The maximum absolute atomic E-state index is 6.11.